The number of hydrogen-bond acceptors (Lipinski definition) is 2. The largest absolute Gasteiger partial charge is 0.481 e. The number of hydrogen-bond donors (Lipinski definition) is 1. The highest BCUT2D eigenvalue weighted by atomic mass is 32.2. The summed E-state index contributed by atoms with van der Waals surface area (Å²) in [5.74, 6) is -0.802. The van der Waals surface area contributed by atoms with Crippen molar-refractivity contribution in [3.05, 3.63) is 59.8 Å². The number of para-hydroxylation sites is 1. The molecule has 3 rings (SSSR count). The molecule has 0 aliphatic rings. The molecule has 0 fully saturated rings. The lowest BCUT2D eigenvalue weighted by atomic mass is 10.2. The van der Waals surface area contributed by atoms with Crippen LogP contribution in [0.25, 0.3) is 10.9 Å². The Balaban J connectivity index is 2.00. The topological polar surface area (TPSA) is 42.2 Å². The van der Waals surface area contributed by atoms with Gasteiger partial charge in [-0.1, -0.05) is 42.1 Å². The Morgan fingerprint density at radius 1 is 1.18 bits per heavy atom. The van der Waals surface area contributed by atoms with E-state index in [2.05, 4.69) is 30.7 Å². The molecule has 4 heteroatoms. The standard InChI is InChI=1S/C18H17NO2S/c1-12-18(15-8-3-4-9-16(15)19(12)2)22-14-7-5-6-13(10-14)11-17(20)21/h3-10H,11H2,1-2H3,(H,20,21). The monoisotopic (exact) mass is 311 g/mol. The predicted octanol–water partition coefficient (Wildman–Crippen LogP) is 4.27. The summed E-state index contributed by atoms with van der Waals surface area (Å²) in [4.78, 5) is 13.2. The zero-order valence-corrected chi connectivity index (χ0v) is 13.4. The van der Waals surface area contributed by atoms with Crippen LogP contribution in [-0.4, -0.2) is 15.6 Å². The van der Waals surface area contributed by atoms with Crippen LogP contribution in [0.15, 0.2) is 58.3 Å². The van der Waals surface area contributed by atoms with Gasteiger partial charge in [-0.15, -0.1) is 0 Å². The molecule has 2 aromatic carbocycles. The minimum atomic E-state index is -0.802. The van der Waals surface area contributed by atoms with Gasteiger partial charge in [-0.2, -0.15) is 0 Å². The molecule has 1 heterocycles. The second-order valence-electron chi connectivity index (χ2n) is 5.31. The van der Waals surface area contributed by atoms with Gasteiger partial charge in [-0.3, -0.25) is 4.79 Å². The maximum absolute atomic E-state index is 10.9. The molecule has 1 aromatic heterocycles. The van der Waals surface area contributed by atoms with Gasteiger partial charge in [0.15, 0.2) is 0 Å². The summed E-state index contributed by atoms with van der Waals surface area (Å²) < 4.78 is 2.19. The predicted molar refractivity (Wildman–Crippen MR) is 89.6 cm³/mol. The fraction of sp³-hybridized carbons (Fsp3) is 0.167. The van der Waals surface area contributed by atoms with Crippen molar-refractivity contribution in [3.8, 4) is 0 Å². The van der Waals surface area contributed by atoms with Crippen LogP contribution >= 0.6 is 11.8 Å². The van der Waals surface area contributed by atoms with E-state index >= 15 is 0 Å². The third kappa shape index (κ3) is 2.74. The number of carbonyl (C=O) groups is 1. The number of benzene rings is 2. The molecule has 0 saturated heterocycles. The third-order valence-corrected chi connectivity index (χ3v) is 5.02. The minimum absolute atomic E-state index is 0.0585. The van der Waals surface area contributed by atoms with Gasteiger partial charge in [0, 0.05) is 33.4 Å². The van der Waals surface area contributed by atoms with Gasteiger partial charge in [0.25, 0.3) is 0 Å². The van der Waals surface area contributed by atoms with Crippen LogP contribution in [0.3, 0.4) is 0 Å². The van der Waals surface area contributed by atoms with Crippen molar-refractivity contribution in [1.82, 2.24) is 4.57 Å². The summed E-state index contributed by atoms with van der Waals surface area (Å²) in [5.41, 5.74) is 3.26. The first kappa shape index (κ1) is 14.7. The smallest absolute Gasteiger partial charge is 0.307 e. The van der Waals surface area contributed by atoms with Crippen molar-refractivity contribution >= 4 is 28.6 Å². The zero-order chi connectivity index (χ0) is 15.7. The van der Waals surface area contributed by atoms with Gasteiger partial charge in [-0.05, 0) is 30.7 Å². The maximum atomic E-state index is 10.9. The highest BCUT2D eigenvalue weighted by molar-refractivity contribution is 7.99. The Hall–Kier alpha value is -2.20. The average molecular weight is 311 g/mol. The normalized spacial score (nSPS) is 11.0. The van der Waals surface area contributed by atoms with Crippen LogP contribution in [0.2, 0.25) is 0 Å². The van der Waals surface area contributed by atoms with Crippen molar-refractivity contribution in [2.75, 3.05) is 0 Å². The Bertz CT molecular complexity index is 851. The molecule has 22 heavy (non-hydrogen) atoms. The Kier molecular flexibility index (Phi) is 3.94. The molecule has 0 aliphatic heterocycles. The van der Waals surface area contributed by atoms with Crippen LogP contribution in [0.4, 0.5) is 0 Å². The molecule has 0 atom stereocenters. The SMILES string of the molecule is Cc1c(Sc2cccc(CC(=O)O)c2)c2ccccc2n1C. The highest BCUT2D eigenvalue weighted by Crippen LogP contribution is 2.37. The summed E-state index contributed by atoms with van der Waals surface area (Å²) in [5, 5.41) is 10.2. The van der Waals surface area contributed by atoms with Crippen LogP contribution < -0.4 is 0 Å². The first-order valence-electron chi connectivity index (χ1n) is 7.09. The lowest BCUT2D eigenvalue weighted by Crippen LogP contribution is -1.99. The Morgan fingerprint density at radius 2 is 1.95 bits per heavy atom. The average Bonchev–Trinajstić information content (AvgIpc) is 2.73. The summed E-state index contributed by atoms with van der Waals surface area (Å²) in [6.45, 7) is 2.11. The van der Waals surface area contributed by atoms with Gasteiger partial charge in [0.1, 0.15) is 0 Å². The number of carboxylic acids is 1. The minimum Gasteiger partial charge on any atom is -0.481 e. The first-order chi connectivity index (χ1) is 10.6. The van der Waals surface area contributed by atoms with E-state index in [9.17, 15) is 4.79 Å². The van der Waals surface area contributed by atoms with Gasteiger partial charge in [0.05, 0.1) is 6.42 Å². The van der Waals surface area contributed by atoms with E-state index in [1.54, 1.807) is 11.8 Å². The number of fused-ring (bicyclic) bond motifs is 1. The fourth-order valence-electron chi connectivity index (χ4n) is 2.63. The fourth-order valence-corrected chi connectivity index (χ4v) is 3.79. The van der Waals surface area contributed by atoms with Crippen molar-refractivity contribution in [1.29, 1.82) is 0 Å². The molecule has 0 unspecified atom stereocenters. The number of aliphatic carboxylic acids is 1. The van der Waals surface area contributed by atoms with Crippen molar-refractivity contribution in [2.24, 2.45) is 7.05 Å². The molecule has 0 amide bonds. The number of carboxylic acid groups (broad SMARTS) is 1. The van der Waals surface area contributed by atoms with Gasteiger partial charge < -0.3 is 9.67 Å². The van der Waals surface area contributed by atoms with Crippen LogP contribution in [0.5, 0.6) is 0 Å². The molecule has 0 spiro atoms. The van der Waals surface area contributed by atoms with Crippen LogP contribution in [0, 0.1) is 6.92 Å². The summed E-state index contributed by atoms with van der Waals surface area (Å²) >= 11 is 1.69. The molecule has 3 nitrogen and oxygen atoms in total. The molecule has 0 saturated carbocycles. The third-order valence-electron chi connectivity index (χ3n) is 3.82. The van der Waals surface area contributed by atoms with Crippen molar-refractivity contribution in [2.45, 2.75) is 23.1 Å². The molecule has 0 radical (unpaired) electrons. The lowest BCUT2D eigenvalue weighted by molar-refractivity contribution is -0.136. The summed E-state index contributed by atoms with van der Waals surface area (Å²) in [6.07, 6.45) is 0.0585. The Labute approximate surface area is 133 Å². The number of aromatic nitrogens is 1. The molecule has 1 N–H and O–H groups in total. The molecule has 3 aromatic rings. The highest BCUT2D eigenvalue weighted by Gasteiger charge is 2.13. The van der Waals surface area contributed by atoms with E-state index in [4.69, 9.17) is 5.11 Å². The van der Waals surface area contributed by atoms with E-state index in [1.165, 1.54) is 21.5 Å². The van der Waals surface area contributed by atoms with Gasteiger partial charge in [-0.25, -0.2) is 0 Å². The second kappa shape index (κ2) is 5.89. The van der Waals surface area contributed by atoms with E-state index in [0.29, 0.717) is 0 Å². The molecule has 0 bridgehead atoms. The number of aryl methyl sites for hydroxylation is 1. The van der Waals surface area contributed by atoms with Crippen LogP contribution in [-0.2, 0) is 18.3 Å². The number of nitrogens with zero attached hydrogens (tertiary/aromatic N) is 1. The van der Waals surface area contributed by atoms with Crippen molar-refractivity contribution in [3.63, 3.8) is 0 Å². The zero-order valence-electron chi connectivity index (χ0n) is 12.5. The van der Waals surface area contributed by atoms with Crippen molar-refractivity contribution < 1.29 is 9.90 Å². The molecular weight excluding hydrogens is 294 g/mol. The second-order valence-corrected chi connectivity index (χ2v) is 6.39. The molecule has 0 aliphatic carbocycles. The Morgan fingerprint density at radius 3 is 2.73 bits per heavy atom. The maximum Gasteiger partial charge on any atom is 0.307 e. The van der Waals surface area contributed by atoms with E-state index in [-0.39, 0.29) is 6.42 Å². The van der Waals surface area contributed by atoms with E-state index in [1.807, 2.05) is 36.4 Å². The quantitative estimate of drug-likeness (QED) is 0.782. The van der Waals surface area contributed by atoms with Gasteiger partial charge in [0.2, 0.25) is 0 Å². The summed E-state index contributed by atoms with van der Waals surface area (Å²) in [6, 6.07) is 16.1. The lowest BCUT2D eigenvalue weighted by Gasteiger charge is -2.05. The van der Waals surface area contributed by atoms with Crippen LogP contribution in [0.1, 0.15) is 11.3 Å². The van der Waals surface area contributed by atoms with Gasteiger partial charge >= 0.3 is 5.97 Å². The summed E-state index contributed by atoms with van der Waals surface area (Å²) in [7, 11) is 2.07. The van der Waals surface area contributed by atoms with E-state index < -0.39 is 5.97 Å². The number of rotatable bonds is 4. The van der Waals surface area contributed by atoms with E-state index in [0.717, 1.165) is 10.5 Å². The molecule has 112 valence electrons. The first-order valence-corrected chi connectivity index (χ1v) is 7.90. The molecular formula is C18H17NO2S.